The smallest absolute Gasteiger partial charge is 0.274 e. The molecule has 2 aromatic carbocycles. The van der Waals surface area contributed by atoms with Crippen LogP contribution in [0.25, 0.3) is 11.1 Å². The fourth-order valence-corrected chi connectivity index (χ4v) is 3.56. The molecule has 29 heavy (non-hydrogen) atoms. The predicted molar refractivity (Wildman–Crippen MR) is 115 cm³/mol. The molecule has 2 heterocycles. The van der Waals surface area contributed by atoms with E-state index in [-0.39, 0.29) is 5.91 Å². The molecule has 6 heteroatoms. The molecule has 0 saturated carbocycles. The monoisotopic (exact) mass is 387 g/mol. The first-order valence-electron chi connectivity index (χ1n) is 9.90. The summed E-state index contributed by atoms with van der Waals surface area (Å²) in [5, 5.41) is 12.0. The summed E-state index contributed by atoms with van der Waals surface area (Å²) in [5.41, 5.74) is 3.52. The summed E-state index contributed by atoms with van der Waals surface area (Å²) in [6.45, 7) is 3.71. The number of rotatable bonds is 5. The zero-order valence-electron chi connectivity index (χ0n) is 16.6. The number of carbonyl (C=O) groups excluding carboxylic acids is 1. The second kappa shape index (κ2) is 8.84. The van der Waals surface area contributed by atoms with Crippen LogP contribution in [0, 0.1) is 0 Å². The van der Waals surface area contributed by atoms with Gasteiger partial charge in [0.15, 0.2) is 11.5 Å². The number of piperazine rings is 1. The van der Waals surface area contributed by atoms with Crippen LogP contribution in [-0.2, 0) is 6.54 Å². The van der Waals surface area contributed by atoms with Crippen LogP contribution in [0.2, 0.25) is 0 Å². The Kier molecular flexibility index (Phi) is 5.81. The van der Waals surface area contributed by atoms with Gasteiger partial charge in [-0.1, -0.05) is 60.7 Å². The molecule has 4 rings (SSSR count). The molecule has 1 N–H and O–H groups in total. The van der Waals surface area contributed by atoms with Crippen LogP contribution in [0.5, 0.6) is 0 Å². The molecule has 1 amide bonds. The lowest BCUT2D eigenvalue weighted by Crippen LogP contribution is -2.46. The number of benzene rings is 2. The summed E-state index contributed by atoms with van der Waals surface area (Å²) in [7, 11) is 2.00. The van der Waals surface area contributed by atoms with Crippen LogP contribution in [0.3, 0.4) is 0 Å². The van der Waals surface area contributed by atoms with Crippen molar-refractivity contribution in [2.75, 3.05) is 38.1 Å². The average molecular weight is 387 g/mol. The second-order valence-electron chi connectivity index (χ2n) is 7.22. The van der Waals surface area contributed by atoms with Crippen molar-refractivity contribution in [3.8, 4) is 11.1 Å². The molecule has 0 spiro atoms. The van der Waals surface area contributed by atoms with Crippen LogP contribution in [-0.4, -0.2) is 54.2 Å². The number of nitrogens with zero attached hydrogens (tertiary/aromatic N) is 4. The molecule has 148 valence electrons. The molecule has 3 aromatic rings. The van der Waals surface area contributed by atoms with E-state index in [2.05, 4.69) is 32.5 Å². The highest BCUT2D eigenvalue weighted by Gasteiger charge is 2.22. The second-order valence-corrected chi connectivity index (χ2v) is 7.22. The van der Waals surface area contributed by atoms with Gasteiger partial charge in [-0.05, 0) is 17.2 Å². The minimum absolute atomic E-state index is 0.0616. The molecule has 1 aliphatic rings. The third-order valence-corrected chi connectivity index (χ3v) is 5.11. The van der Waals surface area contributed by atoms with Crippen molar-refractivity contribution >= 4 is 11.7 Å². The van der Waals surface area contributed by atoms with Crippen molar-refractivity contribution in [2.24, 2.45) is 0 Å². The van der Waals surface area contributed by atoms with Gasteiger partial charge in [-0.25, -0.2) is 0 Å². The largest absolute Gasteiger partial charge is 0.353 e. The summed E-state index contributed by atoms with van der Waals surface area (Å²) in [6, 6.07) is 22.2. The van der Waals surface area contributed by atoms with Crippen LogP contribution in [0.1, 0.15) is 16.1 Å². The van der Waals surface area contributed by atoms with Crippen molar-refractivity contribution in [1.29, 1.82) is 0 Å². The number of amides is 1. The lowest BCUT2D eigenvalue weighted by molar-refractivity contribution is 0.0728. The Hall–Kier alpha value is -3.25. The SMILES string of the molecule is CN(Cc1ccccc1)c1nnc(C(=O)N2CCNCC2)cc1-c1ccccc1. The molecule has 1 saturated heterocycles. The summed E-state index contributed by atoms with van der Waals surface area (Å²) in [6.07, 6.45) is 0. The summed E-state index contributed by atoms with van der Waals surface area (Å²) >= 11 is 0. The van der Waals surface area contributed by atoms with Gasteiger partial charge >= 0.3 is 0 Å². The van der Waals surface area contributed by atoms with Crippen molar-refractivity contribution in [3.05, 3.63) is 78.0 Å². The molecule has 6 nitrogen and oxygen atoms in total. The molecule has 0 unspecified atom stereocenters. The van der Waals surface area contributed by atoms with E-state index in [1.165, 1.54) is 5.56 Å². The zero-order chi connectivity index (χ0) is 20.1. The zero-order valence-corrected chi connectivity index (χ0v) is 16.6. The molecule has 1 fully saturated rings. The third kappa shape index (κ3) is 4.43. The predicted octanol–water partition coefficient (Wildman–Crippen LogP) is 2.83. The van der Waals surface area contributed by atoms with Gasteiger partial charge in [0.25, 0.3) is 5.91 Å². The molecule has 1 aliphatic heterocycles. The van der Waals surface area contributed by atoms with E-state index in [4.69, 9.17) is 0 Å². The number of hydrogen-bond donors (Lipinski definition) is 1. The maximum Gasteiger partial charge on any atom is 0.274 e. The first kappa shape index (κ1) is 19.1. The third-order valence-electron chi connectivity index (χ3n) is 5.11. The Bertz CT molecular complexity index is 956. The van der Waals surface area contributed by atoms with E-state index in [9.17, 15) is 4.79 Å². The maximum absolute atomic E-state index is 12.9. The van der Waals surface area contributed by atoms with E-state index in [0.717, 1.165) is 30.0 Å². The summed E-state index contributed by atoms with van der Waals surface area (Å²) < 4.78 is 0. The quantitative estimate of drug-likeness (QED) is 0.729. The van der Waals surface area contributed by atoms with E-state index < -0.39 is 0 Å². The average Bonchev–Trinajstić information content (AvgIpc) is 2.80. The lowest BCUT2D eigenvalue weighted by atomic mass is 10.1. The van der Waals surface area contributed by atoms with E-state index in [1.54, 1.807) is 0 Å². The molecule has 0 bridgehead atoms. The van der Waals surface area contributed by atoms with Gasteiger partial charge < -0.3 is 15.1 Å². The van der Waals surface area contributed by atoms with Gasteiger partial charge in [0.1, 0.15) is 0 Å². The van der Waals surface area contributed by atoms with E-state index >= 15 is 0 Å². The van der Waals surface area contributed by atoms with Crippen molar-refractivity contribution in [2.45, 2.75) is 6.54 Å². The van der Waals surface area contributed by atoms with Gasteiger partial charge in [0, 0.05) is 45.3 Å². The first-order chi connectivity index (χ1) is 14.2. The molecule has 1 aromatic heterocycles. The van der Waals surface area contributed by atoms with Gasteiger partial charge in [-0.15, -0.1) is 10.2 Å². The Morgan fingerprint density at radius 2 is 1.66 bits per heavy atom. The highest BCUT2D eigenvalue weighted by Crippen LogP contribution is 2.29. The van der Waals surface area contributed by atoms with Crippen molar-refractivity contribution < 1.29 is 4.79 Å². The van der Waals surface area contributed by atoms with E-state index in [1.807, 2.05) is 66.5 Å². The van der Waals surface area contributed by atoms with Gasteiger partial charge in [-0.3, -0.25) is 4.79 Å². The van der Waals surface area contributed by atoms with Gasteiger partial charge in [0.2, 0.25) is 0 Å². The highest BCUT2D eigenvalue weighted by atomic mass is 16.2. The number of aromatic nitrogens is 2. The minimum Gasteiger partial charge on any atom is -0.353 e. The summed E-state index contributed by atoms with van der Waals surface area (Å²) in [4.78, 5) is 16.8. The normalized spacial score (nSPS) is 13.9. The Morgan fingerprint density at radius 1 is 1.00 bits per heavy atom. The van der Waals surface area contributed by atoms with Gasteiger partial charge in [-0.2, -0.15) is 0 Å². The van der Waals surface area contributed by atoms with Crippen LogP contribution < -0.4 is 10.2 Å². The molecule has 0 atom stereocenters. The lowest BCUT2D eigenvalue weighted by Gasteiger charge is -2.27. The number of carbonyl (C=O) groups is 1. The first-order valence-corrected chi connectivity index (χ1v) is 9.90. The van der Waals surface area contributed by atoms with Crippen LogP contribution in [0.15, 0.2) is 66.7 Å². The molecular weight excluding hydrogens is 362 g/mol. The van der Waals surface area contributed by atoms with Crippen molar-refractivity contribution in [1.82, 2.24) is 20.4 Å². The minimum atomic E-state index is -0.0616. The molecule has 0 radical (unpaired) electrons. The van der Waals surface area contributed by atoms with Crippen LogP contribution >= 0.6 is 0 Å². The summed E-state index contributed by atoms with van der Waals surface area (Å²) in [5.74, 6) is 0.699. The highest BCUT2D eigenvalue weighted by molar-refractivity contribution is 5.94. The van der Waals surface area contributed by atoms with Crippen LogP contribution in [0.4, 0.5) is 5.82 Å². The topological polar surface area (TPSA) is 61.4 Å². The van der Waals surface area contributed by atoms with E-state index in [0.29, 0.717) is 25.3 Å². The number of nitrogens with one attached hydrogen (secondary N) is 1. The fourth-order valence-electron chi connectivity index (χ4n) is 3.56. The Morgan fingerprint density at radius 3 is 2.34 bits per heavy atom. The Labute approximate surface area is 171 Å². The number of anilines is 1. The Balaban J connectivity index is 1.68. The van der Waals surface area contributed by atoms with Gasteiger partial charge in [0.05, 0.1) is 0 Å². The maximum atomic E-state index is 12.9. The molecular formula is C23H25N5O. The number of hydrogen-bond acceptors (Lipinski definition) is 5. The fraction of sp³-hybridized carbons (Fsp3) is 0.261. The van der Waals surface area contributed by atoms with Crippen molar-refractivity contribution in [3.63, 3.8) is 0 Å². The standard InChI is InChI=1S/C23H25N5O/c1-27(17-18-8-4-2-5-9-18)22-20(19-10-6-3-7-11-19)16-21(25-26-22)23(29)28-14-12-24-13-15-28/h2-11,16,24H,12-15,17H2,1H3. The molecule has 0 aliphatic carbocycles.